The van der Waals surface area contributed by atoms with Crippen molar-refractivity contribution in [1.82, 2.24) is 0 Å². The molecule has 19 nitrogen and oxygen atoms in total. The van der Waals surface area contributed by atoms with Gasteiger partial charge in [-0.25, -0.2) is 9.13 Å². The van der Waals surface area contributed by atoms with E-state index in [1.165, 1.54) is 25.3 Å². The molecule has 1 fully saturated rings. The van der Waals surface area contributed by atoms with Crippen molar-refractivity contribution in [1.29, 1.82) is 0 Å². The number of carbonyl (C=O) groups is 3. The first kappa shape index (κ1) is 61.7. The number of carbonyl (C=O) groups excluding carboxylic acids is 3. The molecule has 0 radical (unpaired) electrons. The van der Waals surface area contributed by atoms with Gasteiger partial charge in [0.05, 0.1) is 36.9 Å². The van der Waals surface area contributed by atoms with Gasteiger partial charge in [-0.05, 0) is 64.2 Å². The standard InChI is InChI=1S/C47H80O19P2/c1-3-5-7-8-9-10-11-12-13-14-15-16-17-18-24-28-41(52)64-35-32-62-40(51)27-23-20-19-22-26-36-38(49)31-39(50)37(30-29-34(48)25-21-6-4-2)43(54)46(65-67(57,58)59)47(45(56)44(55)42(36)53)66-68(60,61)63-33-35/h9-10,12-13,19,22,29-30,34-38,42-49,53-56H,3-8,11,14-18,20-21,23-28,31-33H2,1-2H3,(H,60,61)(H2,57,58,59)/b10-9-,13-12-,22-19-,30-29+/t34-,35+,36-,37-,38-,42+,43+,44-,45+,46+,47-/m0/s1. The first-order chi connectivity index (χ1) is 32.3. The molecule has 0 aromatic rings. The first-order valence-electron chi connectivity index (χ1n) is 24.3. The van der Waals surface area contributed by atoms with Crippen molar-refractivity contribution in [3.05, 3.63) is 48.6 Å². The summed E-state index contributed by atoms with van der Waals surface area (Å²) in [6.45, 7) is 2.49. The summed E-state index contributed by atoms with van der Waals surface area (Å²) in [5.74, 6) is -5.83. The van der Waals surface area contributed by atoms with Crippen LogP contribution in [0.4, 0.5) is 0 Å². The summed E-state index contributed by atoms with van der Waals surface area (Å²) in [5.41, 5.74) is 0. The van der Waals surface area contributed by atoms with Crippen LogP contribution in [0.3, 0.4) is 0 Å². The minimum absolute atomic E-state index is 0.0535. The van der Waals surface area contributed by atoms with Gasteiger partial charge in [0.25, 0.3) is 0 Å². The number of fused-ring (bicyclic) bond motifs is 4. The smallest absolute Gasteiger partial charge is 0.462 e. The van der Waals surface area contributed by atoms with Crippen LogP contribution in [0.25, 0.3) is 0 Å². The van der Waals surface area contributed by atoms with Crippen molar-refractivity contribution in [3.8, 4) is 0 Å². The van der Waals surface area contributed by atoms with Crippen molar-refractivity contribution in [2.45, 2.75) is 204 Å². The Morgan fingerprint density at radius 1 is 0.853 bits per heavy atom. The van der Waals surface area contributed by atoms with Crippen LogP contribution >= 0.6 is 15.6 Å². The molecule has 0 spiro atoms. The van der Waals surface area contributed by atoms with Crippen LogP contribution in [0.1, 0.15) is 149 Å². The van der Waals surface area contributed by atoms with E-state index in [2.05, 4.69) is 31.2 Å². The Balaban J connectivity index is 2.37. The summed E-state index contributed by atoms with van der Waals surface area (Å²) in [6, 6.07) is 0. The number of esters is 2. The summed E-state index contributed by atoms with van der Waals surface area (Å²) in [4.78, 5) is 70.6. The molecule has 1 saturated carbocycles. The molecule has 9 N–H and O–H groups in total. The van der Waals surface area contributed by atoms with Crippen molar-refractivity contribution in [3.63, 3.8) is 0 Å². The van der Waals surface area contributed by atoms with E-state index in [9.17, 15) is 68.8 Å². The normalized spacial score (nSPS) is 31.0. The minimum Gasteiger partial charge on any atom is -0.462 e. The largest absolute Gasteiger partial charge is 0.472 e. The Morgan fingerprint density at radius 3 is 2.18 bits per heavy atom. The third-order valence-corrected chi connectivity index (χ3v) is 13.3. The Kier molecular flexibility index (Phi) is 30.8. The molecule has 0 aromatic heterocycles. The van der Waals surface area contributed by atoms with Gasteiger partial charge in [0.15, 0.2) is 6.10 Å². The number of hydrogen-bond acceptors (Lipinski definition) is 16. The predicted octanol–water partition coefficient (Wildman–Crippen LogP) is 5.87. The summed E-state index contributed by atoms with van der Waals surface area (Å²) in [6.07, 6.45) is 6.41. The number of Topliss-reactive ketones (excluding diaryl/α,β-unsaturated/α-hetero) is 1. The molecular weight excluding hydrogens is 930 g/mol. The summed E-state index contributed by atoms with van der Waals surface area (Å²) in [5, 5.41) is 68.0. The Morgan fingerprint density at radius 2 is 1.50 bits per heavy atom. The van der Waals surface area contributed by atoms with Gasteiger partial charge in [-0.3, -0.25) is 28.0 Å². The Hall–Kier alpha value is -2.45. The molecule has 1 heterocycles. The predicted molar refractivity (Wildman–Crippen MR) is 251 cm³/mol. The molecule has 1 aliphatic carbocycles. The maximum atomic E-state index is 13.9. The zero-order valence-electron chi connectivity index (χ0n) is 39.7. The second kappa shape index (κ2) is 34.0. The molecular formula is C47H80O19P2. The van der Waals surface area contributed by atoms with E-state index in [0.717, 1.165) is 63.5 Å². The Labute approximate surface area is 401 Å². The van der Waals surface area contributed by atoms with E-state index >= 15 is 0 Å². The lowest BCUT2D eigenvalue weighted by atomic mass is 9.83. The van der Waals surface area contributed by atoms with E-state index in [4.69, 9.17) is 23.0 Å². The lowest BCUT2D eigenvalue weighted by Crippen LogP contribution is -2.56. The van der Waals surface area contributed by atoms with E-state index in [1.54, 1.807) is 6.08 Å². The van der Waals surface area contributed by atoms with Crippen molar-refractivity contribution in [2.24, 2.45) is 11.8 Å². The molecule has 2 aliphatic rings. The van der Waals surface area contributed by atoms with Crippen LogP contribution in [0.2, 0.25) is 0 Å². The fraction of sp³-hybridized carbons (Fsp3) is 0.766. The fourth-order valence-corrected chi connectivity index (χ4v) is 9.35. The van der Waals surface area contributed by atoms with Gasteiger partial charge < -0.3 is 54.8 Å². The highest BCUT2D eigenvalue weighted by atomic mass is 31.2. The molecule has 1 aliphatic heterocycles. The van der Waals surface area contributed by atoms with Gasteiger partial charge in [0, 0.05) is 25.2 Å². The van der Waals surface area contributed by atoms with Gasteiger partial charge in [0.2, 0.25) is 0 Å². The molecule has 1 unspecified atom stereocenters. The highest BCUT2D eigenvalue weighted by Crippen LogP contribution is 2.49. The van der Waals surface area contributed by atoms with Crippen molar-refractivity contribution in [2.75, 3.05) is 13.2 Å². The fourth-order valence-electron chi connectivity index (χ4n) is 7.82. The van der Waals surface area contributed by atoms with Gasteiger partial charge in [-0.15, -0.1) is 0 Å². The average molecular weight is 1010 g/mol. The summed E-state index contributed by atoms with van der Waals surface area (Å²) < 4.78 is 52.1. The van der Waals surface area contributed by atoms with Crippen molar-refractivity contribution >= 4 is 33.4 Å². The number of phosphoric acid groups is 2. The monoisotopic (exact) mass is 1010 g/mol. The number of unbranched alkanes of at least 4 members (excludes halogenated alkanes) is 10. The zero-order chi connectivity index (χ0) is 50.5. The number of cyclic esters (lactones) is 1. The molecule has 21 heteroatoms. The molecule has 0 saturated heterocycles. The third-order valence-electron chi connectivity index (χ3n) is 11.7. The minimum atomic E-state index is -5.80. The second-order valence-electron chi connectivity index (χ2n) is 17.6. The highest BCUT2D eigenvalue weighted by Gasteiger charge is 2.51. The van der Waals surface area contributed by atoms with Crippen molar-refractivity contribution < 1.29 is 91.9 Å². The molecule has 0 amide bonds. The SMILES string of the molecule is CCCCC/C=C\C/C=C\CCCCCCCC(=O)O[C@@H]1COC(=O)CCC/C=C\C[C@@H]2[C@@H](O)[C@H](O)[C@@H](O)[C@H](OP(=O)(O)OC1)[C@H](OP(=O)(O)O)[C@H](O)[C@@H](/C=C/[C@@H](O)CCCCC)C(=O)C[C@@H]2O. The molecule has 392 valence electrons. The van der Waals surface area contributed by atoms with Crippen LogP contribution in [0, 0.1) is 11.8 Å². The summed E-state index contributed by atoms with van der Waals surface area (Å²) >= 11 is 0. The lowest BCUT2D eigenvalue weighted by Gasteiger charge is -2.38. The first-order valence-corrected chi connectivity index (χ1v) is 27.3. The number of aliphatic hydroxyl groups excluding tert-OH is 6. The number of allylic oxidation sites excluding steroid dienone is 6. The number of rotatable bonds is 23. The highest BCUT2D eigenvalue weighted by molar-refractivity contribution is 7.47. The zero-order valence-corrected chi connectivity index (χ0v) is 41.5. The number of hydrogen-bond donors (Lipinski definition) is 9. The second-order valence-corrected chi connectivity index (χ2v) is 20.2. The molecule has 12 atom stereocenters. The molecule has 0 aromatic carbocycles. The number of ether oxygens (including phenoxy) is 2. The Bertz CT molecular complexity index is 1670. The number of ketones is 1. The third kappa shape index (κ3) is 25.6. The molecule has 68 heavy (non-hydrogen) atoms. The van der Waals surface area contributed by atoms with E-state index < -0.39 is 120 Å². The molecule has 2 bridgehead atoms. The van der Waals surface area contributed by atoms with Gasteiger partial charge in [-0.2, -0.15) is 0 Å². The maximum absolute atomic E-state index is 13.9. The van der Waals surface area contributed by atoms with Crippen LogP contribution < -0.4 is 0 Å². The summed E-state index contributed by atoms with van der Waals surface area (Å²) in [7, 11) is -11.5. The van der Waals surface area contributed by atoms with Gasteiger partial charge in [0.1, 0.15) is 36.8 Å². The van der Waals surface area contributed by atoms with E-state index in [-0.39, 0.29) is 38.5 Å². The van der Waals surface area contributed by atoms with E-state index in [0.29, 0.717) is 19.3 Å². The van der Waals surface area contributed by atoms with Crippen LogP contribution in [-0.2, 0) is 46.6 Å². The van der Waals surface area contributed by atoms with Crippen LogP contribution in [0.15, 0.2) is 48.6 Å². The van der Waals surface area contributed by atoms with Crippen LogP contribution in [0.5, 0.6) is 0 Å². The van der Waals surface area contributed by atoms with E-state index in [1.807, 2.05) is 6.92 Å². The number of aliphatic hydroxyl groups is 6. The topological polar surface area (TPSA) is 314 Å². The van der Waals surface area contributed by atoms with Gasteiger partial charge >= 0.3 is 27.6 Å². The van der Waals surface area contributed by atoms with Crippen LogP contribution in [-0.4, -0.2) is 131 Å². The van der Waals surface area contributed by atoms with Gasteiger partial charge in [-0.1, -0.05) is 114 Å². The molecule has 2 rings (SSSR count). The average Bonchev–Trinajstić information content (AvgIpc) is 3.28. The lowest BCUT2D eigenvalue weighted by molar-refractivity contribution is -0.165. The quantitative estimate of drug-likeness (QED) is 0.0250. The number of phosphoric ester groups is 2. The maximum Gasteiger partial charge on any atom is 0.472 e.